The Morgan fingerprint density at radius 1 is 0.879 bits per heavy atom. The van der Waals surface area contributed by atoms with Gasteiger partial charge in [0.05, 0.1) is 28.8 Å². The molecule has 164 valence electrons. The predicted octanol–water partition coefficient (Wildman–Crippen LogP) is 4.53. The Morgan fingerprint density at radius 2 is 1.70 bits per heavy atom. The molecular formula is C23H14F3N5O2. The molecule has 0 aliphatic heterocycles. The van der Waals surface area contributed by atoms with Crippen molar-refractivity contribution in [1.82, 2.24) is 24.5 Å². The van der Waals surface area contributed by atoms with Crippen molar-refractivity contribution in [3.63, 3.8) is 0 Å². The third-order valence-corrected chi connectivity index (χ3v) is 4.88. The summed E-state index contributed by atoms with van der Waals surface area (Å²) in [7, 11) is 0. The van der Waals surface area contributed by atoms with Gasteiger partial charge in [-0.3, -0.25) is 9.78 Å². The van der Waals surface area contributed by atoms with Gasteiger partial charge in [-0.1, -0.05) is 6.07 Å². The Bertz CT molecular complexity index is 1500. The second-order valence-electron chi connectivity index (χ2n) is 6.99. The van der Waals surface area contributed by atoms with Crippen LogP contribution in [0, 0.1) is 0 Å². The van der Waals surface area contributed by atoms with Crippen LogP contribution in [0.1, 0.15) is 0 Å². The summed E-state index contributed by atoms with van der Waals surface area (Å²) in [5.74, 6) is -0.352. The fourth-order valence-corrected chi connectivity index (χ4v) is 3.48. The first-order valence-electron chi connectivity index (χ1n) is 9.74. The molecule has 10 heteroatoms. The molecule has 0 aliphatic carbocycles. The molecule has 0 N–H and O–H groups in total. The number of fused-ring (bicyclic) bond motifs is 1. The van der Waals surface area contributed by atoms with Crippen molar-refractivity contribution in [3.8, 4) is 28.5 Å². The molecule has 0 fully saturated rings. The van der Waals surface area contributed by atoms with E-state index in [2.05, 4.69) is 19.9 Å². The molecule has 5 rings (SSSR count). The largest absolute Gasteiger partial charge is 0.573 e. The third-order valence-electron chi connectivity index (χ3n) is 4.88. The summed E-state index contributed by atoms with van der Waals surface area (Å²) in [5.41, 5.74) is 2.21. The quantitative estimate of drug-likeness (QED) is 0.403. The lowest BCUT2D eigenvalue weighted by atomic mass is 10.1. The Hall–Kier alpha value is -4.47. The smallest absolute Gasteiger partial charge is 0.406 e. The van der Waals surface area contributed by atoms with E-state index in [0.717, 1.165) is 16.6 Å². The lowest BCUT2D eigenvalue weighted by molar-refractivity contribution is -0.274. The summed E-state index contributed by atoms with van der Waals surface area (Å²) in [5, 5.41) is 9.65. The van der Waals surface area contributed by atoms with Crippen molar-refractivity contribution in [3.05, 3.63) is 95.5 Å². The lowest BCUT2D eigenvalue weighted by Crippen LogP contribution is -2.17. The molecule has 0 spiro atoms. The Balaban J connectivity index is 1.57. The number of ether oxygens (including phenoxy) is 1. The molecule has 7 nitrogen and oxygen atoms in total. The van der Waals surface area contributed by atoms with Gasteiger partial charge in [0, 0.05) is 23.8 Å². The number of halogens is 3. The maximum atomic E-state index is 12.7. The summed E-state index contributed by atoms with van der Waals surface area (Å²) in [6.07, 6.45) is -0.0847. The van der Waals surface area contributed by atoms with Gasteiger partial charge in [0.2, 0.25) is 5.43 Å². The molecule has 0 atom stereocenters. The van der Waals surface area contributed by atoms with Crippen LogP contribution in [0.4, 0.5) is 13.2 Å². The molecule has 0 amide bonds. The van der Waals surface area contributed by atoms with E-state index in [9.17, 15) is 18.0 Å². The van der Waals surface area contributed by atoms with Crippen LogP contribution < -0.4 is 10.2 Å². The number of hydrogen-bond acceptors (Lipinski definition) is 5. The average Bonchev–Trinajstić information content (AvgIpc) is 3.28. The van der Waals surface area contributed by atoms with Crippen LogP contribution in [-0.2, 0) is 0 Å². The minimum Gasteiger partial charge on any atom is -0.406 e. The third kappa shape index (κ3) is 4.05. The zero-order valence-electron chi connectivity index (χ0n) is 16.8. The van der Waals surface area contributed by atoms with Crippen molar-refractivity contribution in [2.45, 2.75) is 6.36 Å². The maximum absolute atomic E-state index is 12.7. The van der Waals surface area contributed by atoms with Crippen molar-refractivity contribution in [2.75, 3.05) is 0 Å². The molecule has 3 aromatic heterocycles. The first kappa shape index (κ1) is 20.4. The molecule has 0 saturated carbocycles. The summed E-state index contributed by atoms with van der Waals surface area (Å²) in [6.45, 7) is 0. The molecule has 2 aromatic carbocycles. The molecule has 0 bridgehead atoms. The van der Waals surface area contributed by atoms with Gasteiger partial charge < -0.3 is 4.74 Å². The van der Waals surface area contributed by atoms with Crippen LogP contribution in [-0.4, -0.2) is 30.9 Å². The number of alkyl halides is 3. The number of rotatable bonds is 4. The molecule has 0 saturated heterocycles. The summed E-state index contributed by atoms with van der Waals surface area (Å²) < 4.78 is 44.1. The van der Waals surface area contributed by atoms with Crippen LogP contribution >= 0.6 is 0 Å². The molecule has 3 heterocycles. The van der Waals surface area contributed by atoms with Crippen molar-refractivity contribution in [1.29, 1.82) is 0 Å². The zero-order valence-corrected chi connectivity index (χ0v) is 16.8. The van der Waals surface area contributed by atoms with Crippen LogP contribution in [0.2, 0.25) is 0 Å². The maximum Gasteiger partial charge on any atom is 0.573 e. The number of benzene rings is 2. The van der Waals surface area contributed by atoms with E-state index in [1.807, 2.05) is 30.3 Å². The lowest BCUT2D eigenvalue weighted by Gasteiger charge is -2.12. The summed E-state index contributed by atoms with van der Waals surface area (Å²) >= 11 is 0. The molecular weight excluding hydrogens is 435 g/mol. The number of pyridine rings is 1. The molecule has 0 radical (unpaired) electrons. The Labute approximate surface area is 184 Å². The first-order valence-corrected chi connectivity index (χ1v) is 9.74. The normalized spacial score (nSPS) is 11.6. The average molecular weight is 449 g/mol. The van der Waals surface area contributed by atoms with E-state index in [4.69, 9.17) is 0 Å². The van der Waals surface area contributed by atoms with E-state index in [-0.39, 0.29) is 16.9 Å². The molecule has 0 unspecified atom stereocenters. The fourth-order valence-electron chi connectivity index (χ4n) is 3.48. The van der Waals surface area contributed by atoms with E-state index in [1.54, 1.807) is 23.1 Å². The predicted molar refractivity (Wildman–Crippen MR) is 114 cm³/mol. The standard InChI is InChI=1S/C23H14F3N5O2/c24-23(25,26)33-16-8-6-15(7-9-16)30-14-11-21(32)22(29-30)20-10-13-28-31(20)19-5-1-4-18-17(19)3-2-12-27-18/h1-14H. The summed E-state index contributed by atoms with van der Waals surface area (Å²) in [4.78, 5) is 17.0. The minimum absolute atomic E-state index is 0.131. The van der Waals surface area contributed by atoms with Crippen LogP contribution in [0.5, 0.6) is 5.75 Å². The van der Waals surface area contributed by atoms with Crippen LogP contribution in [0.15, 0.2) is 90.1 Å². The van der Waals surface area contributed by atoms with Gasteiger partial charge in [-0.2, -0.15) is 10.2 Å². The van der Waals surface area contributed by atoms with Gasteiger partial charge >= 0.3 is 6.36 Å². The zero-order chi connectivity index (χ0) is 23.0. The highest BCUT2D eigenvalue weighted by Crippen LogP contribution is 2.26. The van der Waals surface area contributed by atoms with Gasteiger partial charge in [-0.15, -0.1) is 13.2 Å². The topological polar surface area (TPSA) is 74.8 Å². The second kappa shape index (κ2) is 7.90. The Morgan fingerprint density at radius 3 is 2.48 bits per heavy atom. The fraction of sp³-hybridized carbons (Fsp3) is 0.0435. The first-order chi connectivity index (χ1) is 15.9. The second-order valence-corrected chi connectivity index (χ2v) is 6.99. The SMILES string of the molecule is O=c1ccn(-c2ccc(OC(F)(F)F)cc2)nc1-c1ccnn1-c1cccc2ncccc12. The van der Waals surface area contributed by atoms with Gasteiger partial charge in [0.25, 0.3) is 0 Å². The van der Waals surface area contributed by atoms with Gasteiger partial charge in [0.15, 0.2) is 5.69 Å². The number of nitrogens with zero attached hydrogens (tertiary/aromatic N) is 5. The number of hydrogen-bond donors (Lipinski definition) is 0. The van der Waals surface area contributed by atoms with E-state index in [0.29, 0.717) is 11.4 Å². The highest BCUT2D eigenvalue weighted by Gasteiger charge is 2.31. The highest BCUT2D eigenvalue weighted by atomic mass is 19.4. The van der Waals surface area contributed by atoms with Crippen molar-refractivity contribution in [2.24, 2.45) is 0 Å². The van der Waals surface area contributed by atoms with Crippen molar-refractivity contribution < 1.29 is 17.9 Å². The van der Waals surface area contributed by atoms with E-state index < -0.39 is 6.36 Å². The monoisotopic (exact) mass is 449 g/mol. The van der Waals surface area contributed by atoms with Gasteiger partial charge in [-0.05, 0) is 54.6 Å². The highest BCUT2D eigenvalue weighted by molar-refractivity contribution is 5.87. The molecule has 33 heavy (non-hydrogen) atoms. The minimum atomic E-state index is -4.78. The number of aromatic nitrogens is 5. The molecule has 0 aliphatic rings. The van der Waals surface area contributed by atoms with Crippen LogP contribution in [0.25, 0.3) is 33.7 Å². The van der Waals surface area contributed by atoms with Crippen LogP contribution in [0.3, 0.4) is 0 Å². The van der Waals surface area contributed by atoms with Gasteiger partial charge in [-0.25, -0.2) is 9.36 Å². The summed E-state index contributed by atoms with van der Waals surface area (Å²) in [6, 6.07) is 17.5. The van der Waals surface area contributed by atoms with E-state index >= 15 is 0 Å². The van der Waals surface area contributed by atoms with Crippen molar-refractivity contribution >= 4 is 10.9 Å². The molecule has 5 aromatic rings. The van der Waals surface area contributed by atoms with Gasteiger partial charge in [0.1, 0.15) is 5.75 Å². The van der Waals surface area contributed by atoms with E-state index in [1.165, 1.54) is 41.2 Å². The Kier molecular flexibility index (Phi) is 4.89.